The fraction of sp³-hybridized carbons (Fsp3) is 0.538. The van der Waals surface area contributed by atoms with Crippen LogP contribution in [0.4, 0.5) is 0 Å². The van der Waals surface area contributed by atoms with Gasteiger partial charge in [-0.3, -0.25) is 0 Å². The highest BCUT2D eigenvalue weighted by Crippen LogP contribution is 2.35. The van der Waals surface area contributed by atoms with Gasteiger partial charge in [-0.2, -0.15) is 4.31 Å². The van der Waals surface area contributed by atoms with Gasteiger partial charge in [0.05, 0.1) is 25.0 Å². The highest BCUT2D eigenvalue weighted by molar-refractivity contribution is 7.89. The van der Waals surface area contributed by atoms with Crippen LogP contribution in [0.3, 0.4) is 0 Å². The van der Waals surface area contributed by atoms with Gasteiger partial charge in [0.1, 0.15) is 5.75 Å². The van der Waals surface area contributed by atoms with Crippen molar-refractivity contribution in [1.82, 2.24) is 4.31 Å². The second-order valence-corrected chi connectivity index (χ2v) is 6.86. The normalized spacial score (nSPS) is 24.6. The number of nitrogens with zero attached hydrogens (tertiary/aromatic N) is 1. The third kappa shape index (κ3) is 2.91. The minimum absolute atomic E-state index is 0.0419. The van der Waals surface area contributed by atoms with E-state index in [0.29, 0.717) is 12.2 Å². The van der Waals surface area contributed by atoms with Gasteiger partial charge in [0.25, 0.3) is 0 Å². The topological polar surface area (TPSA) is 66.8 Å². The first-order valence-electron chi connectivity index (χ1n) is 6.29. The Hall–Kier alpha value is -1.11. The molecule has 0 bridgehead atoms. The van der Waals surface area contributed by atoms with Crippen LogP contribution >= 0.6 is 0 Å². The second-order valence-electron chi connectivity index (χ2n) is 4.65. The summed E-state index contributed by atoms with van der Waals surface area (Å²) in [5, 5.41) is 9.78. The Kier molecular flexibility index (Phi) is 4.13. The number of hydrogen-bond donors (Lipinski definition) is 1. The number of sulfonamides is 1. The standard InChI is InChI=1S/C13H19NO4S/c1-3-19(16,17)14-9-11(15)8-13(14)10-5-4-6-12(7-10)18-2/h4-7,11,13,15H,3,8-9H2,1-2H3/t11-,13+/m1/s1. The highest BCUT2D eigenvalue weighted by atomic mass is 32.2. The molecule has 1 heterocycles. The van der Waals surface area contributed by atoms with Crippen LogP contribution in [0.1, 0.15) is 24.9 Å². The molecule has 0 amide bonds. The fourth-order valence-corrected chi connectivity index (χ4v) is 3.74. The molecule has 6 heteroatoms. The molecule has 2 atom stereocenters. The van der Waals surface area contributed by atoms with Crippen LogP contribution in [0.15, 0.2) is 24.3 Å². The van der Waals surface area contributed by atoms with E-state index in [1.807, 2.05) is 24.3 Å². The molecule has 1 aromatic carbocycles. The van der Waals surface area contributed by atoms with E-state index in [0.717, 1.165) is 5.56 Å². The van der Waals surface area contributed by atoms with E-state index in [1.54, 1.807) is 14.0 Å². The van der Waals surface area contributed by atoms with E-state index in [9.17, 15) is 13.5 Å². The van der Waals surface area contributed by atoms with Crippen molar-refractivity contribution in [3.05, 3.63) is 29.8 Å². The zero-order valence-corrected chi connectivity index (χ0v) is 11.9. The minimum Gasteiger partial charge on any atom is -0.497 e. The monoisotopic (exact) mass is 285 g/mol. The number of ether oxygens (including phenoxy) is 1. The van der Waals surface area contributed by atoms with Gasteiger partial charge < -0.3 is 9.84 Å². The van der Waals surface area contributed by atoms with E-state index in [-0.39, 0.29) is 18.3 Å². The summed E-state index contributed by atoms with van der Waals surface area (Å²) in [6.07, 6.45) is -0.190. The molecule has 0 unspecified atom stereocenters. The molecule has 0 aromatic heterocycles. The Labute approximate surface area is 113 Å². The number of rotatable bonds is 4. The summed E-state index contributed by atoms with van der Waals surface area (Å²) in [6.45, 7) is 1.78. The molecule has 0 saturated carbocycles. The quantitative estimate of drug-likeness (QED) is 0.901. The lowest BCUT2D eigenvalue weighted by atomic mass is 10.0. The molecule has 1 saturated heterocycles. The SMILES string of the molecule is CCS(=O)(=O)N1C[C@H](O)C[C@H]1c1cccc(OC)c1. The zero-order chi connectivity index (χ0) is 14.0. The van der Waals surface area contributed by atoms with Crippen LogP contribution in [0.2, 0.25) is 0 Å². The van der Waals surface area contributed by atoms with Gasteiger partial charge >= 0.3 is 0 Å². The van der Waals surface area contributed by atoms with Gasteiger partial charge in [-0.25, -0.2) is 8.42 Å². The molecule has 5 nitrogen and oxygen atoms in total. The number of aliphatic hydroxyl groups excluding tert-OH is 1. The molecule has 0 spiro atoms. The van der Waals surface area contributed by atoms with Crippen molar-refractivity contribution in [1.29, 1.82) is 0 Å². The van der Waals surface area contributed by atoms with E-state index < -0.39 is 16.1 Å². The van der Waals surface area contributed by atoms with E-state index in [1.165, 1.54) is 4.31 Å². The molecule has 1 aliphatic rings. The minimum atomic E-state index is -3.32. The van der Waals surface area contributed by atoms with Crippen LogP contribution in [0.25, 0.3) is 0 Å². The van der Waals surface area contributed by atoms with Crippen molar-refractivity contribution >= 4 is 10.0 Å². The van der Waals surface area contributed by atoms with Gasteiger partial charge in [-0.15, -0.1) is 0 Å². The van der Waals surface area contributed by atoms with Crippen molar-refractivity contribution in [2.24, 2.45) is 0 Å². The third-order valence-electron chi connectivity index (χ3n) is 3.43. The van der Waals surface area contributed by atoms with Gasteiger partial charge in [-0.05, 0) is 31.0 Å². The predicted molar refractivity (Wildman–Crippen MR) is 72.5 cm³/mol. The number of aliphatic hydroxyl groups is 1. The predicted octanol–water partition coefficient (Wildman–Crippen LogP) is 1.15. The van der Waals surface area contributed by atoms with Crippen LogP contribution in [-0.2, 0) is 10.0 Å². The maximum absolute atomic E-state index is 12.1. The first kappa shape index (κ1) is 14.3. The summed E-state index contributed by atoms with van der Waals surface area (Å²) >= 11 is 0. The molecule has 0 radical (unpaired) electrons. The lowest BCUT2D eigenvalue weighted by Gasteiger charge is -2.23. The van der Waals surface area contributed by atoms with Crippen molar-refractivity contribution in [2.45, 2.75) is 25.5 Å². The maximum Gasteiger partial charge on any atom is 0.214 e. The van der Waals surface area contributed by atoms with Crippen LogP contribution < -0.4 is 4.74 Å². The summed E-state index contributed by atoms with van der Waals surface area (Å²) in [5.41, 5.74) is 0.855. The highest BCUT2D eigenvalue weighted by Gasteiger charge is 2.38. The summed E-state index contributed by atoms with van der Waals surface area (Å²) in [4.78, 5) is 0. The molecule has 2 rings (SSSR count). The molecule has 0 aliphatic carbocycles. The van der Waals surface area contributed by atoms with Gasteiger partial charge in [-0.1, -0.05) is 12.1 Å². The number of methoxy groups -OCH3 is 1. The van der Waals surface area contributed by atoms with Crippen molar-refractivity contribution in [3.8, 4) is 5.75 Å². The Morgan fingerprint density at radius 1 is 1.47 bits per heavy atom. The van der Waals surface area contributed by atoms with Crippen LogP contribution in [0, 0.1) is 0 Å². The molecule has 1 fully saturated rings. The molecule has 1 aromatic rings. The van der Waals surface area contributed by atoms with Crippen LogP contribution in [-0.4, -0.2) is 43.3 Å². The van der Waals surface area contributed by atoms with Crippen molar-refractivity contribution < 1.29 is 18.3 Å². The van der Waals surface area contributed by atoms with E-state index in [2.05, 4.69) is 0 Å². The summed E-state index contributed by atoms with van der Waals surface area (Å²) in [6, 6.07) is 7.02. The van der Waals surface area contributed by atoms with Crippen LogP contribution in [0.5, 0.6) is 5.75 Å². The maximum atomic E-state index is 12.1. The Morgan fingerprint density at radius 3 is 2.84 bits per heavy atom. The summed E-state index contributed by atoms with van der Waals surface area (Å²) < 4.78 is 30.7. The zero-order valence-electron chi connectivity index (χ0n) is 11.1. The average Bonchev–Trinajstić information content (AvgIpc) is 2.82. The molecular formula is C13H19NO4S. The Bertz CT molecular complexity index is 543. The van der Waals surface area contributed by atoms with E-state index >= 15 is 0 Å². The average molecular weight is 285 g/mol. The van der Waals surface area contributed by atoms with Crippen molar-refractivity contribution in [3.63, 3.8) is 0 Å². The largest absolute Gasteiger partial charge is 0.497 e. The molecule has 1 aliphatic heterocycles. The Balaban J connectivity index is 2.35. The summed E-state index contributed by atoms with van der Waals surface area (Å²) in [7, 11) is -1.74. The lowest BCUT2D eigenvalue weighted by molar-refractivity contribution is 0.188. The lowest BCUT2D eigenvalue weighted by Crippen LogP contribution is -2.33. The third-order valence-corrected chi connectivity index (χ3v) is 5.28. The first-order valence-corrected chi connectivity index (χ1v) is 7.90. The van der Waals surface area contributed by atoms with Gasteiger partial charge in [0, 0.05) is 6.54 Å². The number of benzene rings is 1. The van der Waals surface area contributed by atoms with Gasteiger partial charge in [0.2, 0.25) is 10.0 Å². The smallest absolute Gasteiger partial charge is 0.214 e. The van der Waals surface area contributed by atoms with Gasteiger partial charge in [0.15, 0.2) is 0 Å². The molecule has 19 heavy (non-hydrogen) atoms. The van der Waals surface area contributed by atoms with Crippen molar-refractivity contribution in [2.75, 3.05) is 19.4 Å². The molecule has 1 N–H and O–H groups in total. The second kappa shape index (κ2) is 5.48. The first-order chi connectivity index (χ1) is 8.97. The number of β-amino-alcohol motifs (C(OH)–C–C–N with tert-alkyl or cyclic N) is 1. The molecular weight excluding hydrogens is 266 g/mol. The molecule has 106 valence electrons. The summed E-state index contributed by atoms with van der Waals surface area (Å²) in [5.74, 6) is 0.730. The number of hydrogen-bond acceptors (Lipinski definition) is 4. The Morgan fingerprint density at radius 2 is 2.21 bits per heavy atom. The van der Waals surface area contributed by atoms with E-state index in [4.69, 9.17) is 4.74 Å². The fourth-order valence-electron chi connectivity index (χ4n) is 2.41.